The molecule has 8 aromatic heterocycles. The molecule has 144 heavy (non-hydrogen) atoms. The summed E-state index contributed by atoms with van der Waals surface area (Å²) in [7, 11) is 0. The van der Waals surface area contributed by atoms with E-state index < -0.39 is 244 Å². The van der Waals surface area contributed by atoms with Crippen molar-refractivity contribution in [1.29, 1.82) is 0 Å². The van der Waals surface area contributed by atoms with Crippen molar-refractivity contribution in [3.05, 3.63) is 141 Å². The van der Waals surface area contributed by atoms with Crippen molar-refractivity contribution in [3.63, 3.8) is 0 Å². The lowest BCUT2D eigenvalue weighted by molar-refractivity contribution is -0.0629. The Morgan fingerprint density at radius 1 is 0.340 bits per heavy atom. The van der Waals surface area contributed by atoms with Gasteiger partial charge in [0.25, 0.3) is 0 Å². The molecule has 24 atom stereocenters. The third kappa shape index (κ3) is 23.8. The molecule has 0 spiro atoms. The van der Waals surface area contributed by atoms with Gasteiger partial charge in [0.05, 0.1) is 118 Å². The van der Waals surface area contributed by atoms with Crippen LogP contribution in [0.2, 0.25) is 0 Å². The fourth-order valence-electron chi connectivity index (χ4n) is 17.4. The molecule has 48 heteroatoms. The van der Waals surface area contributed by atoms with Crippen LogP contribution in [0.25, 0.3) is 44.7 Å². The maximum absolute atomic E-state index is 14.3. The first kappa shape index (κ1) is 75.2. The van der Waals surface area contributed by atoms with E-state index >= 15 is 0 Å². The number of hydrogen-bond donors (Lipinski definition) is 16. The van der Waals surface area contributed by atoms with Gasteiger partial charge in [-0.3, -0.25) is 0 Å². The van der Waals surface area contributed by atoms with Crippen LogP contribution in [-0.4, -0.2) is 334 Å². The van der Waals surface area contributed by atoms with Crippen molar-refractivity contribution in [3.8, 4) is 0 Å². The molecule has 16 N–H and O–H groups in total. The zero-order chi connectivity index (χ0) is 127. The van der Waals surface area contributed by atoms with Gasteiger partial charge in [-0.05, 0) is 148 Å². The Morgan fingerprint density at radius 3 is 0.833 bits per heavy atom. The number of aryl methyl sites for hydroxylation is 4. The first-order valence-corrected chi connectivity index (χ1v) is 48.8. The van der Waals surface area contributed by atoms with Gasteiger partial charge in [-0.2, -0.15) is 0 Å². The quantitative estimate of drug-likeness (QED) is 0.00969. The van der Waals surface area contributed by atoms with Gasteiger partial charge in [-0.1, -0.05) is 144 Å². The molecule has 776 valence electrons. The monoisotopic (exact) mass is 2100 g/mol. The Bertz CT molecular complexity index is 7900. The van der Waals surface area contributed by atoms with Crippen LogP contribution in [0.5, 0.6) is 0 Å². The number of ether oxygens (including phenoxy) is 4. The van der Waals surface area contributed by atoms with Gasteiger partial charge in [-0.15, -0.1) is 20.4 Å². The maximum Gasteiger partial charge on any atom is 0.191 e. The van der Waals surface area contributed by atoms with Crippen molar-refractivity contribution in [1.82, 2.24) is 99.8 Å². The largest absolute Gasteiger partial charge is 0.394 e. The molecule has 0 unspecified atom stereocenters. The van der Waals surface area contributed by atoms with Gasteiger partial charge in [0.1, 0.15) is 72.1 Å². The van der Waals surface area contributed by atoms with Crippen LogP contribution in [-0.2, 0) is 18.9 Å². The number of anilines is 4. The van der Waals surface area contributed by atoms with E-state index in [-0.39, 0.29) is 152 Å². The highest BCUT2D eigenvalue weighted by Gasteiger charge is 2.51. The highest BCUT2D eigenvalue weighted by Crippen LogP contribution is 2.50. The van der Waals surface area contributed by atoms with Gasteiger partial charge < -0.3 is 101 Å². The fourth-order valence-corrected chi connectivity index (χ4v) is 19.3. The number of nitrogens with one attached hydrogen (secondary N) is 4. The van der Waals surface area contributed by atoms with E-state index in [1.54, 1.807) is 76.2 Å². The topological polar surface area (TPSA) is 554 Å². The zero-order valence-electron chi connectivity index (χ0n) is 106. The van der Waals surface area contributed by atoms with E-state index in [1.807, 2.05) is 0 Å². The third-order valence-electron chi connectivity index (χ3n) is 25.4. The second kappa shape index (κ2) is 47.3. The molecule has 40 nitrogen and oxygen atoms in total. The molecule has 8 saturated carbocycles. The van der Waals surface area contributed by atoms with Crippen molar-refractivity contribution in [2.45, 2.75) is 298 Å². The molecule has 4 aromatic carbocycles. The standard InChI is InChI=1S/4C24H31FN6O4S/c4*1-3-8-36-24-27-22(26-16-10-14(16)13-5-4-12(2)15(25)9-13)19-23(28-24)31(30-29-19)17-11-18(35-7-6-32)21(34)20(17)33/h4*4-5,9,14,16-18,20-21,32-34H,3,6-8,10-11H2,1-2H3,(H,26,27,28)/t4*14-,16+,17+,18-,20-,21+/m0000/s1/i3D2,6D2,7D2,8D2,16D;3D2,7D2,8D2,16D;3D2,6D2,8D2,16D;3D2,8D2,16D. The summed E-state index contributed by atoms with van der Waals surface area (Å²) in [6, 6.07) is 9.51. The Labute approximate surface area is 883 Å². The number of aromatic nitrogens is 20. The molecule has 0 amide bonds. The fraction of sp³-hybridized carbons (Fsp3) is 0.583. The van der Waals surface area contributed by atoms with Crippen LogP contribution in [0, 0.1) is 51.0 Å². The van der Waals surface area contributed by atoms with Crippen LogP contribution in [0.3, 0.4) is 0 Å². The lowest BCUT2D eigenvalue weighted by Gasteiger charge is -2.17. The van der Waals surface area contributed by atoms with Crippen molar-refractivity contribution < 1.29 is 136 Å². The highest BCUT2D eigenvalue weighted by atomic mass is 32.2. The van der Waals surface area contributed by atoms with Crippen LogP contribution >= 0.6 is 47.0 Å². The Hall–Kier alpha value is -9.52. The van der Waals surface area contributed by atoms with Crippen LogP contribution in [0.4, 0.5) is 40.8 Å². The molecule has 8 aliphatic carbocycles. The van der Waals surface area contributed by atoms with E-state index in [0.29, 0.717) is 104 Å². The number of rotatable bonds is 40. The number of aliphatic hydroxyl groups is 12. The van der Waals surface area contributed by atoms with Gasteiger partial charge in [0.2, 0.25) is 0 Å². The lowest BCUT2D eigenvalue weighted by Crippen LogP contribution is -2.33. The summed E-state index contributed by atoms with van der Waals surface area (Å²) in [4.78, 5) is 34.8. The van der Waals surface area contributed by atoms with Gasteiger partial charge in [0, 0.05) is 118 Å². The SMILES string of the molecule is [2H]C([2H])(C)C([2H])([2H])Sc1nc(N[C@]2([2H])C[C@H]2c2ccc(C)c(F)c2)c2nnn([C@@H]3C[C@H](OC([2H])([2H])C([2H])([2H])O)[C@@H](O)[C@H]3O)c2n1.[2H]C([2H])(C)C([2H])([2H])Sc1nc(N[C@]2([2H])C[C@H]2c2ccc(C)c(F)c2)c2nnn([C@@H]3C[C@H](OCCO)[C@@H](O)[C@H]3O)c2n1.[2H]C([2H])(CO)O[C@H]1C[C@@H](n2nnc3c(N[C@]4([2H])C[C@H]4c4ccc(C)c(F)c4)nc(SC([2H])([2H])C([2H])([2H])C)nc32)[C@H](O)[C@@H]1O.[2H]C([2H])(O)CO[C@H]1C[C@@H](n2nnc3c(N[C@]4([2H])C[C@H]4c4ccc(C)c(F)c4)nc(SC([2H])([2H])C([2H])([2H])C)nc32)[C@H](O)[C@@H]1O. The summed E-state index contributed by atoms with van der Waals surface area (Å²) in [5, 5.41) is 167. The number of nitrogens with zero attached hydrogens (tertiary/aromatic N) is 20. The molecular weight excluding hydrogens is 1950 g/mol. The first-order chi connectivity index (χ1) is 79.3. The maximum atomic E-state index is 14.3. The normalized spacial score (nSPS) is 33.7. The first-order valence-electron chi connectivity index (χ1n) is 59.5. The number of aliphatic hydroxyl groups excluding tert-OH is 10. The number of fused-ring (bicyclic) bond motifs is 4. The lowest BCUT2D eigenvalue weighted by atomic mass is 10.1. The van der Waals surface area contributed by atoms with E-state index in [9.17, 15) is 73.7 Å². The van der Waals surface area contributed by atoms with Crippen LogP contribution < -0.4 is 21.3 Å². The Morgan fingerprint density at radius 2 is 0.597 bits per heavy atom. The summed E-state index contributed by atoms with van der Waals surface area (Å²) in [6.45, 7) is -3.07. The second-order valence-corrected chi connectivity index (χ2v) is 37.9. The van der Waals surface area contributed by atoms with E-state index in [0.717, 1.165) is 37.1 Å². The van der Waals surface area contributed by atoms with Crippen molar-refractivity contribution in [2.24, 2.45) is 0 Å². The highest BCUT2D eigenvalue weighted by molar-refractivity contribution is 7.99. The smallest absolute Gasteiger partial charge is 0.191 e. The average molecular weight is 2100 g/mol. The molecular formula is C96H124F4N24O16S4. The molecule has 12 aromatic rings. The number of benzene rings is 4. The summed E-state index contributed by atoms with van der Waals surface area (Å²) < 4.78 is 307. The van der Waals surface area contributed by atoms with Gasteiger partial charge in [-0.25, -0.2) is 76.2 Å². The van der Waals surface area contributed by atoms with Gasteiger partial charge >= 0.3 is 0 Å². The van der Waals surface area contributed by atoms with Crippen LogP contribution in [0.1, 0.15) is 235 Å². The predicted molar refractivity (Wildman–Crippen MR) is 530 cm³/mol. The Balaban J connectivity index is 0.000000152. The second-order valence-electron chi connectivity index (χ2n) is 34.8. The molecule has 8 aliphatic rings. The number of hydrogen-bond acceptors (Lipinski definition) is 40. The Kier molecular flexibility index (Phi) is 24.7. The molecule has 20 rings (SSSR count). The number of halogens is 4. The third-order valence-corrected chi connectivity index (χ3v) is 28.1. The van der Waals surface area contributed by atoms with Crippen molar-refractivity contribution in [2.75, 3.05) is 96.8 Å². The van der Waals surface area contributed by atoms with Crippen LogP contribution in [0.15, 0.2) is 93.4 Å². The van der Waals surface area contributed by atoms with E-state index in [4.69, 9.17) is 62.4 Å². The molecule has 8 fully saturated rings. The molecule has 0 aliphatic heterocycles. The molecule has 0 saturated heterocycles. The van der Waals surface area contributed by atoms with E-state index in [1.165, 1.54) is 33.6 Å². The summed E-state index contributed by atoms with van der Waals surface area (Å²) >= 11 is 1.61. The van der Waals surface area contributed by atoms with Crippen molar-refractivity contribution >= 4 is 115 Å². The average Bonchev–Trinajstić information content (AvgIpc) is 1.58. The summed E-state index contributed by atoms with van der Waals surface area (Å²) in [5.41, 5.74) is -5.59. The minimum atomic E-state index is -3.43. The summed E-state index contributed by atoms with van der Waals surface area (Å²) in [6.07, 6.45) is -25.2. The minimum absolute atomic E-state index is 0.00869. The predicted octanol–water partition coefficient (Wildman–Crippen LogP) is 8.73. The minimum Gasteiger partial charge on any atom is -0.394 e. The molecule has 0 radical (unpaired) electrons. The van der Waals surface area contributed by atoms with E-state index in [2.05, 4.69) is 102 Å². The molecule has 8 heterocycles. The molecule has 0 bridgehead atoms. The zero-order valence-corrected chi connectivity index (χ0v) is 81.3. The van der Waals surface area contributed by atoms with Gasteiger partial charge in [0.15, 0.2) is 88.6 Å². The summed E-state index contributed by atoms with van der Waals surface area (Å²) in [5.74, 6) is -3.31. The number of thioether (sulfide) groups is 4.